The maximum atomic E-state index is 11.5. The summed E-state index contributed by atoms with van der Waals surface area (Å²) in [4.78, 5) is 0. The van der Waals surface area contributed by atoms with Gasteiger partial charge >= 0.3 is 0 Å². The molecule has 0 saturated heterocycles. The van der Waals surface area contributed by atoms with Crippen molar-refractivity contribution in [2.24, 2.45) is 5.92 Å². The van der Waals surface area contributed by atoms with Gasteiger partial charge in [0.2, 0.25) is 10.0 Å². The van der Waals surface area contributed by atoms with Gasteiger partial charge in [-0.05, 0) is 32.6 Å². The second-order valence-corrected chi connectivity index (χ2v) is 6.66. The van der Waals surface area contributed by atoms with Crippen molar-refractivity contribution < 1.29 is 13.5 Å². The predicted molar refractivity (Wildman–Crippen MR) is 62.1 cm³/mol. The van der Waals surface area contributed by atoms with E-state index in [1.807, 2.05) is 6.92 Å². The van der Waals surface area contributed by atoms with Gasteiger partial charge in [-0.25, -0.2) is 13.1 Å². The van der Waals surface area contributed by atoms with Gasteiger partial charge in [0.05, 0.1) is 11.9 Å². The third kappa shape index (κ3) is 6.12. The van der Waals surface area contributed by atoms with Crippen molar-refractivity contribution in [2.45, 2.75) is 51.8 Å². The Morgan fingerprint density at radius 3 is 2.07 bits per heavy atom. The van der Waals surface area contributed by atoms with Crippen LogP contribution in [0.3, 0.4) is 0 Å². The topological polar surface area (TPSA) is 66.4 Å². The van der Waals surface area contributed by atoms with E-state index in [1.54, 1.807) is 0 Å². The molecule has 2 unspecified atom stereocenters. The highest BCUT2D eigenvalue weighted by molar-refractivity contribution is 7.90. The van der Waals surface area contributed by atoms with Crippen molar-refractivity contribution in [2.75, 3.05) is 6.61 Å². The predicted octanol–water partition coefficient (Wildman–Crippen LogP) is 1.11. The quantitative estimate of drug-likeness (QED) is 0.697. The normalized spacial score (nSPS) is 16.7. The van der Waals surface area contributed by atoms with Gasteiger partial charge in [0.15, 0.2) is 0 Å². The van der Waals surface area contributed by atoms with Gasteiger partial charge in [0.25, 0.3) is 0 Å². The van der Waals surface area contributed by atoms with Crippen LogP contribution in [0.15, 0.2) is 0 Å². The van der Waals surface area contributed by atoms with Gasteiger partial charge in [-0.2, -0.15) is 0 Å². The largest absolute Gasteiger partial charge is 0.395 e. The number of aliphatic hydroxyl groups excluding tert-OH is 1. The molecule has 0 heterocycles. The van der Waals surface area contributed by atoms with Crippen LogP contribution in [0.25, 0.3) is 0 Å². The number of nitrogens with one attached hydrogen (secondary N) is 1. The number of hydrogen-bond donors (Lipinski definition) is 2. The van der Waals surface area contributed by atoms with Crippen molar-refractivity contribution in [3.05, 3.63) is 0 Å². The van der Waals surface area contributed by atoms with E-state index in [1.165, 1.54) is 6.92 Å². The van der Waals surface area contributed by atoms with E-state index in [4.69, 9.17) is 5.11 Å². The van der Waals surface area contributed by atoms with Gasteiger partial charge < -0.3 is 5.11 Å². The number of rotatable bonds is 7. The first kappa shape index (κ1) is 14.9. The van der Waals surface area contributed by atoms with Gasteiger partial charge in [0.1, 0.15) is 0 Å². The molecular formula is C10H23NO3S. The second-order valence-electron chi connectivity index (χ2n) is 4.53. The van der Waals surface area contributed by atoms with Gasteiger partial charge in [-0.1, -0.05) is 13.8 Å². The van der Waals surface area contributed by atoms with Crippen LogP contribution in [0, 0.1) is 5.92 Å². The Balaban J connectivity index is 4.11. The van der Waals surface area contributed by atoms with Gasteiger partial charge in [0, 0.05) is 6.04 Å². The van der Waals surface area contributed by atoms with Crippen LogP contribution < -0.4 is 4.72 Å². The van der Waals surface area contributed by atoms with E-state index in [2.05, 4.69) is 18.6 Å². The van der Waals surface area contributed by atoms with Crippen LogP contribution in [-0.2, 0) is 10.0 Å². The summed E-state index contributed by atoms with van der Waals surface area (Å²) in [5, 5.41) is 8.05. The van der Waals surface area contributed by atoms with Crippen LogP contribution in [0.5, 0.6) is 0 Å². The van der Waals surface area contributed by atoms with Crippen LogP contribution in [-0.4, -0.2) is 31.4 Å². The highest BCUT2D eigenvalue weighted by Crippen LogP contribution is 2.08. The molecule has 2 atom stereocenters. The van der Waals surface area contributed by atoms with Gasteiger partial charge in [-0.3, -0.25) is 0 Å². The van der Waals surface area contributed by atoms with Crippen molar-refractivity contribution in [3.63, 3.8) is 0 Å². The Hall–Kier alpha value is -0.130. The molecule has 0 radical (unpaired) electrons. The SMILES string of the molecule is CC(C)CCC(C)NS(=O)(=O)C(C)CO. The lowest BCUT2D eigenvalue weighted by Crippen LogP contribution is -2.40. The lowest BCUT2D eigenvalue weighted by Gasteiger charge is -2.17. The fourth-order valence-electron chi connectivity index (χ4n) is 1.14. The molecule has 0 spiro atoms. The first-order valence-electron chi connectivity index (χ1n) is 5.41. The Labute approximate surface area is 93.1 Å². The monoisotopic (exact) mass is 237 g/mol. The van der Waals surface area contributed by atoms with Crippen molar-refractivity contribution in [3.8, 4) is 0 Å². The van der Waals surface area contributed by atoms with Crippen LogP contribution >= 0.6 is 0 Å². The third-order valence-electron chi connectivity index (χ3n) is 2.33. The summed E-state index contributed by atoms with van der Waals surface area (Å²) in [6, 6.07) is -0.0635. The van der Waals surface area contributed by atoms with Crippen LogP contribution in [0.4, 0.5) is 0 Å². The first-order chi connectivity index (χ1) is 6.79. The summed E-state index contributed by atoms with van der Waals surface area (Å²) in [6.07, 6.45) is 1.83. The zero-order chi connectivity index (χ0) is 12.1. The lowest BCUT2D eigenvalue weighted by molar-refractivity contribution is 0.294. The molecule has 0 aromatic carbocycles. The molecule has 0 amide bonds. The molecular weight excluding hydrogens is 214 g/mol. The smallest absolute Gasteiger partial charge is 0.216 e. The minimum absolute atomic E-state index is 0.0635. The second kappa shape index (κ2) is 6.45. The average molecular weight is 237 g/mol. The van der Waals surface area contributed by atoms with Crippen molar-refractivity contribution in [1.29, 1.82) is 0 Å². The molecule has 0 rings (SSSR count). The van der Waals surface area contributed by atoms with E-state index < -0.39 is 15.3 Å². The molecule has 15 heavy (non-hydrogen) atoms. The molecule has 5 heteroatoms. The van der Waals surface area contributed by atoms with E-state index in [0.717, 1.165) is 12.8 Å². The molecule has 0 saturated carbocycles. The maximum Gasteiger partial charge on any atom is 0.216 e. The maximum absolute atomic E-state index is 11.5. The molecule has 92 valence electrons. The van der Waals surface area contributed by atoms with Crippen LogP contribution in [0.1, 0.15) is 40.5 Å². The molecule has 0 aliphatic heterocycles. The molecule has 0 aromatic rings. The van der Waals surface area contributed by atoms with Crippen LogP contribution in [0.2, 0.25) is 0 Å². The number of hydrogen-bond acceptors (Lipinski definition) is 3. The first-order valence-corrected chi connectivity index (χ1v) is 6.96. The third-order valence-corrected chi connectivity index (χ3v) is 4.27. The zero-order valence-corrected chi connectivity index (χ0v) is 10.8. The number of aliphatic hydroxyl groups is 1. The molecule has 0 bridgehead atoms. The Bertz CT molecular complexity index is 262. The molecule has 0 aliphatic rings. The highest BCUT2D eigenvalue weighted by Gasteiger charge is 2.21. The summed E-state index contributed by atoms with van der Waals surface area (Å²) < 4.78 is 25.7. The molecule has 0 aromatic heterocycles. The van der Waals surface area contributed by atoms with E-state index in [9.17, 15) is 8.42 Å². The van der Waals surface area contributed by atoms with E-state index in [-0.39, 0.29) is 12.6 Å². The molecule has 0 fully saturated rings. The average Bonchev–Trinajstić information content (AvgIpc) is 2.12. The highest BCUT2D eigenvalue weighted by atomic mass is 32.2. The molecule has 0 aliphatic carbocycles. The van der Waals surface area contributed by atoms with E-state index >= 15 is 0 Å². The van der Waals surface area contributed by atoms with Crippen molar-refractivity contribution in [1.82, 2.24) is 4.72 Å². The summed E-state index contributed by atoms with van der Waals surface area (Å²) in [5.41, 5.74) is 0. The Kier molecular flexibility index (Phi) is 6.40. The Morgan fingerprint density at radius 1 is 1.13 bits per heavy atom. The Morgan fingerprint density at radius 2 is 1.67 bits per heavy atom. The summed E-state index contributed by atoms with van der Waals surface area (Å²) >= 11 is 0. The molecule has 2 N–H and O–H groups in total. The fourth-order valence-corrected chi connectivity index (χ4v) is 2.24. The number of sulfonamides is 1. The molecule has 4 nitrogen and oxygen atoms in total. The minimum atomic E-state index is -3.36. The van der Waals surface area contributed by atoms with Gasteiger partial charge in [-0.15, -0.1) is 0 Å². The lowest BCUT2D eigenvalue weighted by atomic mass is 10.1. The summed E-state index contributed by atoms with van der Waals surface area (Å²) in [6.45, 7) is 7.23. The minimum Gasteiger partial charge on any atom is -0.395 e. The van der Waals surface area contributed by atoms with Crippen molar-refractivity contribution >= 4 is 10.0 Å². The fraction of sp³-hybridized carbons (Fsp3) is 1.00. The zero-order valence-electron chi connectivity index (χ0n) is 10.0. The summed E-state index contributed by atoms with van der Waals surface area (Å²) in [5.74, 6) is 0.576. The summed E-state index contributed by atoms with van der Waals surface area (Å²) in [7, 11) is -3.36. The standard InChI is InChI=1S/C10H23NO3S/c1-8(2)5-6-9(3)11-15(13,14)10(4)7-12/h8-12H,5-7H2,1-4H3. The van der Waals surface area contributed by atoms with E-state index in [0.29, 0.717) is 5.92 Å².